The number of carbonyl (C=O) groups excluding carboxylic acids is 1. The first kappa shape index (κ1) is 14.2. The zero-order chi connectivity index (χ0) is 13.8. The number of hydrogen-bond donors (Lipinski definition) is 2. The van der Waals surface area contributed by atoms with E-state index in [0.29, 0.717) is 0 Å². The first-order valence-electron chi connectivity index (χ1n) is 5.13. The van der Waals surface area contributed by atoms with Gasteiger partial charge in [0.25, 0.3) is 0 Å². The van der Waals surface area contributed by atoms with E-state index < -0.39 is 26.7 Å². The van der Waals surface area contributed by atoms with Crippen LogP contribution in [0.5, 0.6) is 0 Å². The Morgan fingerprint density at radius 1 is 1.39 bits per heavy atom. The van der Waals surface area contributed by atoms with Crippen molar-refractivity contribution in [1.29, 1.82) is 0 Å². The van der Waals surface area contributed by atoms with Crippen molar-refractivity contribution < 1.29 is 27.5 Å². The Hall–Kier alpha value is -1.83. The Morgan fingerprint density at radius 3 is 2.56 bits per heavy atom. The monoisotopic (exact) mass is 275 g/mol. The molecule has 100 valence electrons. The fraction of sp³-hybridized carbons (Fsp3) is 0.400. The molecule has 0 spiro atoms. The Kier molecular flexibility index (Phi) is 4.49. The highest BCUT2D eigenvalue weighted by Gasteiger charge is 2.21. The minimum absolute atomic E-state index is 0.0855. The summed E-state index contributed by atoms with van der Waals surface area (Å²) in [6, 6.07) is 2.17. The minimum atomic E-state index is -3.69. The number of carbonyl (C=O) groups is 2. The SMILES string of the molecule is CNC(=O)CCCS(=O)(=O)c1ccc(C(=O)O)o1. The Morgan fingerprint density at radius 2 is 2.06 bits per heavy atom. The van der Waals surface area contributed by atoms with E-state index in [2.05, 4.69) is 5.32 Å². The molecular formula is C10H13NO6S. The van der Waals surface area contributed by atoms with Gasteiger partial charge in [-0.05, 0) is 18.6 Å². The van der Waals surface area contributed by atoms with Gasteiger partial charge in [0.15, 0.2) is 0 Å². The van der Waals surface area contributed by atoms with Crippen LogP contribution in [0, 0.1) is 0 Å². The predicted molar refractivity (Wildman–Crippen MR) is 61.0 cm³/mol. The van der Waals surface area contributed by atoms with Gasteiger partial charge in [-0.25, -0.2) is 13.2 Å². The van der Waals surface area contributed by atoms with Crippen molar-refractivity contribution in [2.24, 2.45) is 0 Å². The van der Waals surface area contributed by atoms with Gasteiger partial charge in [-0.3, -0.25) is 4.79 Å². The number of carboxylic acids is 1. The highest BCUT2D eigenvalue weighted by atomic mass is 32.2. The number of carboxylic acid groups (broad SMARTS) is 1. The molecule has 0 aliphatic rings. The summed E-state index contributed by atoms with van der Waals surface area (Å²) in [5.74, 6) is -2.29. The molecule has 1 aromatic heterocycles. The summed E-state index contributed by atoms with van der Waals surface area (Å²) in [5, 5.41) is 10.6. The van der Waals surface area contributed by atoms with Gasteiger partial charge < -0.3 is 14.8 Å². The molecule has 0 aliphatic heterocycles. The Balaban J connectivity index is 2.68. The number of hydrogen-bond acceptors (Lipinski definition) is 5. The molecule has 1 aromatic rings. The van der Waals surface area contributed by atoms with Crippen molar-refractivity contribution in [3.63, 3.8) is 0 Å². The Bertz CT molecular complexity index is 544. The highest BCUT2D eigenvalue weighted by Crippen LogP contribution is 2.16. The first-order valence-corrected chi connectivity index (χ1v) is 6.78. The molecule has 0 fully saturated rings. The van der Waals surface area contributed by atoms with Crippen molar-refractivity contribution >= 4 is 21.7 Å². The topological polar surface area (TPSA) is 114 Å². The first-order chi connectivity index (χ1) is 8.36. The van der Waals surface area contributed by atoms with Crippen LogP contribution in [0.3, 0.4) is 0 Å². The maximum absolute atomic E-state index is 11.7. The van der Waals surface area contributed by atoms with Crippen LogP contribution in [0.15, 0.2) is 21.6 Å². The second-order valence-corrected chi connectivity index (χ2v) is 5.56. The predicted octanol–water partition coefficient (Wildman–Crippen LogP) is 0.278. The van der Waals surface area contributed by atoms with Gasteiger partial charge in [0, 0.05) is 13.5 Å². The molecule has 1 amide bonds. The van der Waals surface area contributed by atoms with Crippen LogP contribution in [0.2, 0.25) is 0 Å². The molecule has 8 heteroatoms. The molecule has 7 nitrogen and oxygen atoms in total. The number of nitrogens with one attached hydrogen (secondary N) is 1. The van der Waals surface area contributed by atoms with Crippen molar-refractivity contribution in [2.45, 2.75) is 17.9 Å². The number of aromatic carboxylic acids is 1. The second kappa shape index (κ2) is 5.67. The zero-order valence-corrected chi connectivity index (χ0v) is 10.5. The molecule has 1 rings (SSSR count). The lowest BCUT2D eigenvalue weighted by Gasteiger charge is -2.00. The second-order valence-electron chi connectivity index (χ2n) is 3.52. The van der Waals surface area contributed by atoms with E-state index in [-0.39, 0.29) is 24.5 Å². The lowest BCUT2D eigenvalue weighted by molar-refractivity contribution is -0.120. The van der Waals surface area contributed by atoms with E-state index in [9.17, 15) is 18.0 Å². The highest BCUT2D eigenvalue weighted by molar-refractivity contribution is 7.91. The molecule has 0 aliphatic carbocycles. The van der Waals surface area contributed by atoms with Gasteiger partial charge in [0.05, 0.1) is 5.75 Å². The van der Waals surface area contributed by atoms with Crippen LogP contribution in [-0.2, 0) is 14.6 Å². The largest absolute Gasteiger partial charge is 0.475 e. The average molecular weight is 275 g/mol. The molecule has 0 aromatic carbocycles. The standard InChI is InChI=1S/C10H13NO6S/c1-11-8(12)3-2-6-18(15,16)9-5-4-7(17-9)10(13)14/h4-5H,2-3,6H2,1H3,(H,11,12)(H,13,14). The molecular weight excluding hydrogens is 262 g/mol. The summed E-state index contributed by atoms with van der Waals surface area (Å²) < 4.78 is 28.1. The smallest absolute Gasteiger partial charge is 0.371 e. The summed E-state index contributed by atoms with van der Waals surface area (Å²) in [4.78, 5) is 21.5. The van der Waals surface area contributed by atoms with Crippen LogP contribution in [0.1, 0.15) is 23.4 Å². The lowest BCUT2D eigenvalue weighted by atomic mass is 10.3. The molecule has 18 heavy (non-hydrogen) atoms. The number of rotatable bonds is 6. The molecule has 2 N–H and O–H groups in total. The third-order valence-corrected chi connectivity index (χ3v) is 3.85. The molecule has 1 heterocycles. The average Bonchev–Trinajstić information content (AvgIpc) is 2.78. The third-order valence-electron chi connectivity index (χ3n) is 2.19. The van der Waals surface area contributed by atoms with E-state index in [4.69, 9.17) is 9.52 Å². The summed E-state index contributed by atoms with van der Waals surface area (Å²) in [6.07, 6.45) is 0.230. The normalized spacial score (nSPS) is 11.2. The van der Waals surface area contributed by atoms with Crippen molar-refractivity contribution in [3.8, 4) is 0 Å². The lowest BCUT2D eigenvalue weighted by Crippen LogP contribution is -2.18. The third kappa shape index (κ3) is 3.59. The van der Waals surface area contributed by atoms with E-state index in [1.807, 2.05) is 0 Å². The van der Waals surface area contributed by atoms with Crippen LogP contribution in [0.4, 0.5) is 0 Å². The summed E-state index contributed by atoms with van der Waals surface area (Å²) in [7, 11) is -2.23. The van der Waals surface area contributed by atoms with Crippen molar-refractivity contribution in [2.75, 3.05) is 12.8 Å². The quantitative estimate of drug-likeness (QED) is 0.770. The summed E-state index contributed by atoms with van der Waals surface area (Å²) in [5.41, 5.74) is 0. The van der Waals surface area contributed by atoms with Gasteiger partial charge in [0.2, 0.25) is 26.6 Å². The van der Waals surface area contributed by atoms with Crippen LogP contribution in [-0.4, -0.2) is 38.2 Å². The maximum Gasteiger partial charge on any atom is 0.371 e. The zero-order valence-electron chi connectivity index (χ0n) is 9.67. The molecule has 0 unspecified atom stereocenters. The summed E-state index contributed by atoms with van der Waals surface area (Å²) in [6.45, 7) is 0. The number of amides is 1. The van der Waals surface area contributed by atoms with E-state index in [0.717, 1.165) is 12.1 Å². The van der Waals surface area contributed by atoms with E-state index >= 15 is 0 Å². The van der Waals surface area contributed by atoms with E-state index in [1.165, 1.54) is 7.05 Å². The fourth-order valence-corrected chi connectivity index (χ4v) is 2.47. The molecule has 0 radical (unpaired) electrons. The maximum atomic E-state index is 11.7. The van der Waals surface area contributed by atoms with Gasteiger partial charge in [0.1, 0.15) is 0 Å². The van der Waals surface area contributed by atoms with Crippen molar-refractivity contribution in [1.82, 2.24) is 5.32 Å². The molecule has 0 bridgehead atoms. The van der Waals surface area contributed by atoms with Crippen molar-refractivity contribution in [3.05, 3.63) is 17.9 Å². The minimum Gasteiger partial charge on any atom is -0.475 e. The van der Waals surface area contributed by atoms with Crippen LogP contribution in [0.25, 0.3) is 0 Å². The fourth-order valence-electron chi connectivity index (χ4n) is 1.25. The Labute approximate surface area is 104 Å². The number of sulfone groups is 1. The molecule has 0 atom stereocenters. The summed E-state index contributed by atoms with van der Waals surface area (Å²) >= 11 is 0. The van der Waals surface area contributed by atoms with Crippen LogP contribution < -0.4 is 5.32 Å². The van der Waals surface area contributed by atoms with Gasteiger partial charge in [-0.2, -0.15) is 0 Å². The number of furan rings is 1. The van der Waals surface area contributed by atoms with Gasteiger partial charge in [-0.15, -0.1) is 0 Å². The molecule has 0 saturated carbocycles. The molecule has 0 saturated heterocycles. The van der Waals surface area contributed by atoms with Crippen LogP contribution >= 0.6 is 0 Å². The van der Waals surface area contributed by atoms with Gasteiger partial charge >= 0.3 is 5.97 Å². The van der Waals surface area contributed by atoms with Gasteiger partial charge in [-0.1, -0.05) is 0 Å². The van der Waals surface area contributed by atoms with E-state index in [1.54, 1.807) is 0 Å².